The van der Waals surface area contributed by atoms with Crippen LogP contribution in [0.5, 0.6) is 0 Å². The minimum atomic E-state index is -3.61. The molecule has 0 bridgehead atoms. The Labute approximate surface area is 105 Å². The maximum absolute atomic E-state index is 11.8. The van der Waals surface area contributed by atoms with Crippen LogP contribution in [0.4, 0.5) is 5.13 Å². The molecular formula is C9H15N3O3S2. The van der Waals surface area contributed by atoms with E-state index in [4.69, 9.17) is 0 Å². The summed E-state index contributed by atoms with van der Waals surface area (Å²) >= 11 is 1.08. The van der Waals surface area contributed by atoms with E-state index < -0.39 is 10.2 Å². The average Bonchev–Trinajstić information content (AvgIpc) is 2.64. The van der Waals surface area contributed by atoms with Gasteiger partial charge >= 0.3 is 10.2 Å². The van der Waals surface area contributed by atoms with Crippen molar-refractivity contribution in [3.63, 3.8) is 0 Å². The number of hydrogen-bond donors (Lipinski definition) is 1. The normalized spacial score (nSPS) is 12.1. The number of aromatic nitrogens is 1. The first-order valence-electron chi connectivity index (χ1n) is 4.96. The molecule has 1 aromatic rings. The molecule has 0 aromatic carbocycles. The lowest BCUT2D eigenvalue weighted by Gasteiger charge is -2.20. The Bertz CT molecular complexity index is 507. The van der Waals surface area contributed by atoms with Gasteiger partial charge in [0.15, 0.2) is 10.9 Å². The van der Waals surface area contributed by atoms with E-state index in [1.165, 1.54) is 23.7 Å². The molecule has 0 atom stereocenters. The van der Waals surface area contributed by atoms with Crippen molar-refractivity contribution in [2.24, 2.45) is 0 Å². The third-order valence-electron chi connectivity index (χ3n) is 2.19. The van der Waals surface area contributed by atoms with Gasteiger partial charge in [0.25, 0.3) is 0 Å². The number of carbonyl (C=O) groups is 1. The van der Waals surface area contributed by atoms with Crippen LogP contribution >= 0.6 is 11.3 Å². The van der Waals surface area contributed by atoms with Crippen LogP contribution in [0.15, 0.2) is 5.38 Å². The van der Waals surface area contributed by atoms with E-state index >= 15 is 0 Å². The molecule has 1 aromatic heterocycles. The van der Waals surface area contributed by atoms with Crippen molar-refractivity contribution >= 4 is 32.5 Å². The van der Waals surface area contributed by atoms with Gasteiger partial charge < -0.3 is 0 Å². The van der Waals surface area contributed by atoms with Crippen molar-refractivity contribution in [3.05, 3.63) is 11.1 Å². The first kappa shape index (κ1) is 14.1. The lowest BCUT2D eigenvalue weighted by atomic mass is 10.4. The first-order chi connectivity index (χ1) is 7.74. The van der Waals surface area contributed by atoms with Crippen LogP contribution in [0.25, 0.3) is 0 Å². The molecule has 0 aliphatic carbocycles. The fraction of sp³-hybridized carbons (Fsp3) is 0.556. The molecule has 0 unspecified atom stereocenters. The molecule has 1 heterocycles. The lowest BCUT2D eigenvalue weighted by Crippen LogP contribution is -2.37. The number of ketones is 1. The SMILES string of the molecule is CC(=O)c1csc(NS(=O)(=O)N(C)C(C)C)n1. The predicted octanol–water partition coefficient (Wildman–Crippen LogP) is 1.34. The van der Waals surface area contributed by atoms with Crippen molar-refractivity contribution in [3.8, 4) is 0 Å². The van der Waals surface area contributed by atoms with E-state index in [-0.39, 0.29) is 22.7 Å². The maximum Gasteiger partial charge on any atom is 0.303 e. The zero-order valence-electron chi connectivity index (χ0n) is 10.1. The number of hydrogen-bond acceptors (Lipinski definition) is 5. The van der Waals surface area contributed by atoms with Crippen molar-refractivity contribution in [2.75, 3.05) is 11.8 Å². The highest BCUT2D eigenvalue weighted by Gasteiger charge is 2.21. The Morgan fingerprint density at radius 3 is 2.53 bits per heavy atom. The van der Waals surface area contributed by atoms with Crippen LogP contribution in [0.1, 0.15) is 31.3 Å². The van der Waals surface area contributed by atoms with E-state index in [2.05, 4.69) is 9.71 Å². The summed E-state index contributed by atoms with van der Waals surface area (Å²) in [5.74, 6) is -0.191. The zero-order valence-corrected chi connectivity index (χ0v) is 11.7. The molecule has 0 radical (unpaired) electrons. The minimum absolute atomic E-state index is 0.153. The van der Waals surface area contributed by atoms with Crippen molar-refractivity contribution < 1.29 is 13.2 Å². The van der Waals surface area contributed by atoms with Gasteiger partial charge in [0.2, 0.25) is 0 Å². The number of anilines is 1. The van der Waals surface area contributed by atoms with Gasteiger partial charge in [-0.05, 0) is 13.8 Å². The minimum Gasteiger partial charge on any atom is -0.293 e. The second kappa shape index (κ2) is 5.11. The van der Waals surface area contributed by atoms with Crippen LogP contribution in [0, 0.1) is 0 Å². The van der Waals surface area contributed by atoms with Gasteiger partial charge in [0, 0.05) is 25.4 Å². The summed E-state index contributed by atoms with van der Waals surface area (Å²) in [6.07, 6.45) is 0. The summed E-state index contributed by atoms with van der Waals surface area (Å²) in [7, 11) is -2.13. The van der Waals surface area contributed by atoms with Crippen LogP contribution < -0.4 is 4.72 Å². The Kier molecular flexibility index (Phi) is 4.23. The summed E-state index contributed by atoms with van der Waals surface area (Å²) in [5.41, 5.74) is 0.264. The molecule has 0 aliphatic rings. The monoisotopic (exact) mass is 277 g/mol. The molecule has 0 amide bonds. The van der Waals surface area contributed by atoms with Gasteiger partial charge in [-0.2, -0.15) is 12.7 Å². The first-order valence-corrected chi connectivity index (χ1v) is 7.28. The van der Waals surface area contributed by atoms with Crippen molar-refractivity contribution in [2.45, 2.75) is 26.8 Å². The highest BCUT2D eigenvalue weighted by atomic mass is 32.2. The van der Waals surface area contributed by atoms with Gasteiger partial charge in [-0.15, -0.1) is 11.3 Å². The van der Waals surface area contributed by atoms with E-state index in [9.17, 15) is 13.2 Å². The highest BCUT2D eigenvalue weighted by Crippen LogP contribution is 2.18. The molecule has 1 N–H and O–H groups in total. The topological polar surface area (TPSA) is 79.4 Å². The molecule has 0 aliphatic heterocycles. The fourth-order valence-corrected chi connectivity index (χ4v) is 3.01. The van der Waals surface area contributed by atoms with Gasteiger partial charge in [-0.25, -0.2) is 9.71 Å². The largest absolute Gasteiger partial charge is 0.303 e. The smallest absolute Gasteiger partial charge is 0.293 e. The molecular weight excluding hydrogens is 262 g/mol. The average molecular weight is 277 g/mol. The zero-order chi connectivity index (χ0) is 13.2. The Morgan fingerprint density at radius 2 is 2.12 bits per heavy atom. The second-order valence-electron chi connectivity index (χ2n) is 3.81. The molecule has 8 heteroatoms. The molecule has 0 spiro atoms. The maximum atomic E-state index is 11.8. The van der Waals surface area contributed by atoms with Gasteiger partial charge in [0.1, 0.15) is 5.69 Å². The third-order valence-corrected chi connectivity index (χ3v) is 4.71. The van der Waals surface area contributed by atoms with Crippen molar-refractivity contribution in [1.29, 1.82) is 0 Å². The van der Waals surface area contributed by atoms with Gasteiger partial charge in [0.05, 0.1) is 0 Å². The summed E-state index contributed by atoms with van der Waals surface area (Å²) in [5, 5.41) is 1.72. The van der Waals surface area contributed by atoms with E-state index in [0.717, 1.165) is 11.3 Å². The van der Waals surface area contributed by atoms with Crippen LogP contribution in [0.3, 0.4) is 0 Å². The second-order valence-corrected chi connectivity index (χ2v) is 6.40. The van der Waals surface area contributed by atoms with Crippen LogP contribution in [-0.4, -0.2) is 36.6 Å². The number of rotatable bonds is 5. The number of thiazole rings is 1. The Morgan fingerprint density at radius 1 is 1.53 bits per heavy atom. The quantitative estimate of drug-likeness (QED) is 0.824. The van der Waals surface area contributed by atoms with Crippen LogP contribution in [-0.2, 0) is 10.2 Å². The summed E-state index contributed by atoms with van der Waals surface area (Å²) in [6, 6.07) is -0.153. The third kappa shape index (κ3) is 3.48. The molecule has 0 saturated carbocycles. The molecule has 96 valence electrons. The van der Waals surface area contributed by atoms with E-state index in [0.29, 0.717) is 0 Å². The number of carbonyl (C=O) groups excluding carboxylic acids is 1. The Hall–Kier alpha value is -0.990. The molecule has 0 saturated heterocycles. The number of nitrogens with one attached hydrogen (secondary N) is 1. The standard InChI is InChI=1S/C9H15N3O3S2/c1-6(2)12(4)17(14,15)11-9-10-8(5-16-9)7(3)13/h5-6H,1-4H3,(H,10,11). The Balaban J connectivity index is 2.87. The molecule has 0 fully saturated rings. The van der Waals surface area contributed by atoms with Crippen LogP contribution in [0.2, 0.25) is 0 Å². The number of Topliss-reactive ketones (excluding diaryl/α,β-unsaturated/α-hetero) is 1. The lowest BCUT2D eigenvalue weighted by molar-refractivity contribution is 0.101. The molecule has 17 heavy (non-hydrogen) atoms. The fourth-order valence-electron chi connectivity index (χ4n) is 0.942. The predicted molar refractivity (Wildman–Crippen MR) is 67.6 cm³/mol. The van der Waals surface area contributed by atoms with E-state index in [1.54, 1.807) is 13.8 Å². The highest BCUT2D eigenvalue weighted by molar-refractivity contribution is 7.90. The number of nitrogens with zero attached hydrogens (tertiary/aromatic N) is 2. The summed E-state index contributed by atoms with van der Waals surface area (Å²) in [4.78, 5) is 14.9. The van der Waals surface area contributed by atoms with Crippen molar-refractivity contribution in [1.82, 2.24) is 9.29 Å². The van der Waals surface area contributed by atoms with Gasteiger partial charge in [-0.3, -0.25) is 4.79 Å². The molecule has 1 rings (SSSR count). The van der Waals surface area contributed by atoms with Gasteiger partial charge in [-0.1, -0.05) is 0 Å². The summed E-state index contributed by atoms with van der Waals surface area (Å²) < 4.78 is 27.2. The van der Waals surface area contributed by atoms with E-state index in [1.807, 2.05) is 0 Å². The summed E-state index contributed by atoms with van der Waals surface area (Å²) in [6.45, 7) is 4.91. The molecule has 6 nitrogen and oxygen atoms in total.